The summed E-state index contributed by atoms with van der Waals surface area (Å²) in [6, 6.07) is 9.97. The molecule has 0 aliphatic carbocycles. The molecule has 5 heteroatoms. The van der Waals surface area contributed by atoms with Gasteiger partial charge in [-0.2, -0.15) is 0 Å². The average Bonchev–Trinajstić information content (AvgIpc) is 2.97. The number of nitrogens with one attached hydrogen (secondary N) is 1. The van der Waals surface area contributed by atoms with Gasteiger partial charge >= 0.3 is 6.03 Å². The number of imide groups is 1. The van der Waals surface area contributed by atoms with Crippen LogP contribution in [0, 0.1) is 20.8 Å². The molecule has 3 amide bonds. The molecule has 1 fully saturated rings. The molecule has 1 aliphatic rings. The summed E-state index contributed by atoms with van der Waals surface area (Å²) in [6.07, 6.45) is 1.75. The number of aryl methyl sites for hydroxylation is 2. The van der Waals surface area contributed by atoms with Gasteiger partial charge in [-0.1, -0.05) is 17.7 Å². The first-order valence-corrected chi connectivity index (χ1v) is 8.03. The molecule has 24 heavy (non-hydrogen) atoms. The van der Waals surface area contributed by atoms with E-state index in [1.54, 1.807) is 13.0 Å². The molecule has 0 radical (unpaired) electrons. The number of benzene rings is 1. The van der Waals surface area contributed by atoms with Crippen LogP contribution in [0.15, 0.2) is 36.0 Å². The van der Waals surface area contributed by atoms with E-state index >= 15 is 0 Å². The summed E-state index contributed by atoms with van der Waals surface area (Å²) < 4.78 is 2.14. The summed E-state index contributed by atoms with van der Waals surface area (Å²) in [5.41, 5.74) is 5.65. The lowest BCUT2D eigenvalue weighted by Crippen LogP contribution is -2.30. The lowest BCUT2D eigenvalue weighted by Gasteiger charge is -2.10. The van der Waals surface area contributed by atoms with E-state index in [4.69, 9.17) is 0 Å². The van der Waals surface area contributed by atoms with Crippen molar-refractivity contribution >= 4 is 18.0 Å². The monoisotopic (exact) mass is 323 g/mol. The van der Waals surface area contributed by atoms with Gasteiger partial charge in [-0.25, -0.2) is 4.79 Å². The normalized spacial score (nSPS) is 16.2. The molecule has 2 heterocycles. The second-order valence-corrected chi connectivity index (χ2v) is 6.04. The zero-order valence-corrected chi connectivity index (χ0v) is 14.4. The maximum Gasteiger partial charge on any atom is 0.328 e. The van der Waals surface area contributed by atoms with Crippen LogP contribution in [0.3, 0.4) is 0 Å². The first-order valence-electron chi connectivity index (χ1n) is 8.03. The van der Waals surface area contributed by atoms with E-state index in [2.05, 4.69) is 41.1 Å². The number of carbonyl (C=O) groups is 2. The Morgan fingerprint density at radius 3 is 2.33 bits per heavy atom. The van der Waals surface area contributed by atoms with Crippen LogP contribution < -0.4 is 5.32 Å². The van der Waals surface area contributed by atoms with Crippen LogP contribution in [0.1, 0.15) is 29.4 Å². The molecule has 0 spiro atoms. The van der Waals surface area contributed by atoms with Crippen molar-refractivity contribution in [1.29, 1.82) is 0 Å². The van der Waals surface area contributed by atoms with Crippen LogP contribution in [0.25, 0.3) is 11.8 Å². The van der Waals surface area contributed by atoms with Gasteiger partial charge in [0.2, 0.25) is 0 Å². The van der Waals surface area contributed by atoms with Crippen molar-refractivity contribution in [3.05, 3.63) is 58.5 Å². The molecule has 1 aromatic heterocycles. The molecular weight excluding hydrogens is 302 g/mol. The smallest absolute Gasteiger partial charge is 0.318 e. The molecule has 124 valence electrons. The fourth-order valence-electron chi connectivity index (χ4n) is 3.04. The van der Waals surface area contributed by atoms with Crippen LogP contribution >= 0.6 is 0 Å². The van der Waals surface area contributed by atoms with Gasteiger partial charge in [-0.15, -0.1) is 0 Å². The Morgan fingerprint density at radius 1 is 1.08 bits per heavy atom. The van der Waals surface area contributed by atoms with Gasteiger partial charge in [0.05, 0.1) is 0 Å². The molecule has 1 aliphatic heterocycles. The third-order valence-corrected chi connectivity index (χ3v) is 4.34. The number of likely N-dealkylation sites (N-methyl/N-ethyl adjacent to an activating group) is 1. The molecule has 1 saturated heterocycles. The van der Waals surface area contributed by atoms with Gasteiger partial charge in [0.1, 0.15) is 5.70 Å². The highest BCUT2D eigenvalue weighted by Gasteiger charge is 2.32. The number of nitrogens with zero attached hydrogens (tertiary/aromatic N) is 2. The first-order chi connectivity index (χ1) is 11.4. The minimum atomic E-state index is -0.360. The van der Waals surface area contributed by atoms with Crippen molar-refractivity contribution in [1.82, 2.24) is 14.8 Å². The van der Waals surface area contributed by atoms with Crippen molar-refractivity contribution in [3.8, 4) is 5.69 Å². The second-order valence-electron chi connectivity index (χ2n) is 6.04. The number of amides is 3. The predicted octanol–water partition coefficient (Wildman–Crippen LogP) is 3.32. The van der Waals surface area contributed by atoms with Crippen LogP contribution in [-0.4, -0.2) is 28.0 Å². The number of hydrogen-bond donors (Lipinski definition) is 1. The van der Waals surface area contributed by atoms with Crippen LogP contribution in [0.5, 0.6) is 0 Å². The van der Waals surface area contributed by atoms with Gasteiger partial charge in [0.25, 0.3) is 5.91 Å². The molecule has 3 rings (SSSR count). The molecular formula is C19H21N3O2. The fraction of sp³-hybridized carbons (Fsp3) is 0.263. The molecule has 0 atom stereocenters. The summed E-state index contributed by atoms with van der Waals surface area (Å²) in [5, 5.41) is 2.65. The van der Waals surface area contributed by atoms with Crippen molar-refractivity contribution in [2.45, 2.75) is 27.7 Å². The summed E-state index contributed by atoms with van der Waals surface area (Å²) in [5.74, 6) is -0.275. The largest absolute Gasteiger partial charge is 0.328 e. The van der Waals surface area contributed by atoms with E-state index in [0.717, 1.165) is 22.6 Å². The Labute approximate surface area is 141 Å². The SMILES string of the molecule is CCN1C(=O)N/C(=C/c2cc(C)n(-c3ccc(C)cc3)c2C)C1=O. The fourth-order valence-corrected chi connectivity index (χ4v) is 3.04. The van der Waals surface area contributed by atoms with Crippen molar-refractivity contribution in [3.63, 3.8) is 0 Å². The average molecular weight is 323 g/mol. The summed E-state index contributed by atoms with van der Waals surface area (Å²) in [6.45, 7) is 8.25. The number of carbonyl (C=O) groups excluding carboxylic acids is 2. The van der Waals surface area contributed by atoms with Crippen molar-refractivity contribution in [2.24, 2.45) is 0 Å². The van der Waals surface area contributed by atoms with Crippen molar-refractivity contribution < 1.29 is 9.59 Å². The predicted molar refractivity (Wildman–Crippen MR) is 93.9 cm³/mol. The van der Waals surface area contributed by atoms with Crippen LogP contribution in [0.4, 0.5) is 4.79 Å². The highest BCUT2D eigenvalue weighted by Crippen LogP contribution is 2.24. The molecule has 1 N–H and O–H groups in total. The van der Waals surface area contributed by atoms with Crippen LogP contribution in [-0.2, 0) is 4.79 Å². The van der Waals surface area contributed by atoms with Crippen LogP contribution in [0.2, 0.25) is 0 Å². The van der Waals surface area contributed by atoms with Gasteiger partial charge in [-0.3, -0.25) is 9.69 Å². The minimum absolute atomic E-state index is 0.275. The van der Waals surface area contributed by atoms with E-state index in [-0.39, 0.29) is 11.9 Å². The summed E-state index contributed by atoms with van der Waals surface area (Å²) in [4.78, 5) is 25.2. The quantitative estimate of drug-likeness (QED) is 0.696. The van der Waals surface area contributed by atoms with E-state index in [1.165, 1.54) is 10.5 Å². The molecule has 0 unspecified atom stereocenters. The zero-order valence-electron chi connectivity index (χ0n) is 14.4. The maximum absolute atomic E-state index is 12.2. The third-order valence-electron chi connectivity index (χ3n) is 4.34. The number of aromatic nitrogens is 1. The number of rotatable bonds is 3. The lowest BCUT2D eigenvalue weighted by molar-refractivity contribution is -0.122. The zero-order chi connectivity index (χ0) is 17.4. The molecule has 1 aromatic carbocycles. The van der Waals surface area contributed by atoms with Gasteiger partial charge in [-0.05, 0) is 57.5 Å². The highest BCUT2D eigenvalue weighted by atomic mass is 16.2. The molecule has 5 nitrogen and oxygen atoms in total. The molecule has 0 saturated carbocycles. The Kier molecular flexibility index (Phi) is 4.01. The minimum Gasteiger partial charge on any atom is -0.318 e. The highest BCUT2D eigenvalue weighted by molar-refractivity contribution is 6.14. The Bertz CT molecular complexity index is 844. The van der Waals surface area contributed by atoms with Gasteiger partial charge in [0.15, 0.2) is 0 Å². The van der Waals surface area contributed by atoms with E-state index in [0.29, 0.717) is 12.2 Å². The number of urea groups is 1. The number of hydrogen-bond acceptors (Lipinski definition) is 2. The topological polar surface area (TPSA) is 54.3 Å². The first kappa shape index (κ1) is 16.1. The summed E-state index contributed by atoms with van der Waals surface area (Å²) >= 11 is 0. The Hall–Kier alpha value is -2.82. The molecule has 2 aromatic rings. The maximum atomic E-state index is 12.2. The van der Waals surface area contributed by atoms with E-state index in [9.17, 15) is 9.59 Å². The Morgan fingerprint density at radius 2 is 1.75 bits per heavy atom. The standard InChI is InChI=1S/C19H21N3O2/c1-5-21-18(23)17(20-19(21)24)11-15-10-13(3)22(14(15)4)16-8-6-12(2)7-9-16/h6-11H,5H2,1-4H3,(H,20,24)/b17-11+. The van der Waals surface area contributed by atoms with Gasteiger partial charge in [0, 0.05) is 23.6 Å². The van der Waals surface area contributed by atoms with Gasteiger partial charge < -0.3 is 9.88 Å². The van der Waals surface area contributed by atoms with E-state index in [1.807, 2.05) is 19.9 Å². The Balaban J connectivity index is 2.01. The second kappa shape index (κ2) is 6.00. The molecule has 0 bridgehead atoms. The van der Waals surface area contributed by atoms with E-state index < -0.39 is 0 Å². The van der Waals surface area contributed by atoms with Crippen molar-refractivity contribution in [2.75, 3.05) is 6.54 Å². The summed E-state index contributed by atoms with van der Waals surface area (Å²) in [7, 11) is 0. The lowest BCUT2D eigenvalue weighted by atomic mass is 10.2. The third kappa shape index (κ3) is 2.62.